The van der Waals surface area contributed by atoms with Crippen molar-refractivity contribution in [3.05, 3.63) is 0 Å². The molecule has 204 valence electrons. The minimum absolute atomic E-state index is 0.290. The highest BCUT2D eigenvalue weighted by atomic mass is 19.4. The Hall–Kier alpha value is -1.52. The van der Waals surface area contributed by atoms with Crippen LogP contribution in [0.3, 0.4) is 0 Å². The van der Waals surface area contributed by atoms with Gasteiger partial charge in [-0.2, -0.15) is 43.9 Å². The van der Waals surface area contributed by atoms with Crippen LogP contribution in [0.4, 0.5) is 57.1 Å². The van der Waals surface area contributed by atoms with Crippen molar-refractivity contribution in [1.82, 2.24) is 0 Å². The SMILES string of the molecule is CCC(C)(C)C(=O)OCC(O)COCC(F)C(F)(F)C(F)(F)C(F)(F)C(F)(F)C(F)(F)C(F)F. The Balaban J connectivity index is 5.30. The van der Waals surface area contributed by atoms with Crippen LogP contribution in [0.25, 0.3) is 0 Å². The van der Waals surface area contributed by atoms with E-state index in [9.17, 15) is 67.0 Å². The number of halogens is 13. The van der Waals surface area contributed by atoms with Gasteiger partial charge in [0.05, 0.1) is 18.6 Å². The summed E-state index contributed by atoms with van der Waals surface area (Å²) in [7, 11) is 0. The first kappa shape index (κ1) is 32.5. The molecular weight excluding hydrogens is 515 g/mol. The molecule has 2 atom stereocenters. The molecule has 0 saturated carbocycles. The highest BCUT2D eigenvalue weighted by Gasteiger charge is 2.88. The first-order chi connectivity index (χ1) is 14.9. The fourth-order valence-electron chi connectivity index (χ4n) is 1.92. The summed E-state index contributed by atoms with van der Waals surface area (Å²) < 4.78 is 179. The van der Waals surface area contributed by atoms with E-state index in [0.29, 0.717) is 0 Å². The fourth-order valence-corrected chi connectivity index (χ4v) is 1.92. The maximum absolute atomic E-state index is 13.6. The molecule has 0 saturated heterocycles. The second kappa shape index (κ2) is 10.6. The van der Waals surface area contributed by atoms with E-state index in [2.05, 4.69) is 9.47 Å². The first-order valence-corrected chi connectivity index (χ1v) is 9.19. The van der Waals surface area contributed by atoms with Gasteiger partial charge in [-0.05, 0) is 20.3 Å². The van der Waals surface area contributed by atoms with Crippen molar-refractivity contribution in [2.75, 3.05) is 19.8 Å². The molecule has 0 aromatic carbocycles. The Morgan fingerprint density at radius 1 is 0.765 bits per heavy atom. The van der Waals surface area contributed by atoms with Gasteiger partial charge in [0.15, 0.2) is 6.17 Å². The zero-order valence-corrected chi connectivity index (χ0v) is 17.6. The van der Waals surface area contributed by atoms with E-state index in [-0.39, 0.29) is 6.42 Å². The summed E-state index contributed by atoms with van der Waals surface area (Å²) >= 11 is 0. The summed E-state index contributed by atoms with van der Waals surface area (Å²) in [4.78, 5) is 11.7. The molecule has 0 fully saturated rings. The van der Waals surface area contributed by atoms with Crippen LogP contribution in [0.1, 0.15) is 27.2 Å². The van der Waals surface area contributed by atoms with Gasteiger partial charge in [-0.1, -0.05) is 6.92 Å². The van der Waals surface area contributed by atoms with Gasteiger partial charge in [0, 0.05) is 0 Å². The van der Waals surface area contributed by atoms with Gasteiger partial charge in [-0.3, -0.25) is 4.79 Å². The lowest BCUT2D eigenvalue weighted by molar-refractivity contribution is -0.418. The van der Waals surface area contributed by atoms with Gasteiger partial charge in [0.1, 0.15) is 12.7 Å². The number of hydrogen-bond acceptors (Lipinski definition) is 4. The Morgan fingerprint density at radius 2 is 1.21 bits per heavy atom. The average molecular weight is 536 g/mol. The third-order valence-corrected chi connectivity index (χ3v) is 4.71. The van der Waals surface area contributed by atoms with Crippen LogP contribution >= 0.6 is 0 Å². The molecule has 0 radical (unpaired) electrons. The van der Waals surface area contributed by atoms with Crippen LogP contribution in [0, 0.1) is 5.41 Å². The second-order valence-corrected chi connectivity index (χ2v) is 7.76. The van der Waals surface area contributed by atoms with Gasteiger partial charge in [0.25, 0.3) is 0 Å². The molecule has 0 aromatic rings. The van der Waals surface area contributed by atoms with Gasteiger partial charge in [-0.15, -0.1) is 0 Å². The van der Waals surface area contributed by atoms with E-state index in [1.165, 1.54) is 13.8 Å². The summed E-state index contributed by atoms with van der Waals surface area (Å²) in [6, 6.07) is 0. The molecule has 1 N–H and O–H groups in total. The van der Waals surface area contributed by atoms with Crippen LogP contribution in [0.15, 0.2) is 0 Å². The third kappa shape index (κ3) is 5.99. The number of hydrogen-bond donors (Lipinski definition) is 1. The average Bonchev–Trinajstić information content (AvgIpc) is 2.70. The van der Waals surface area contributed by atoms with Crippen molar-refractivity contribution in [2.45, 2.75) is 75.5 Å². The van der Waals surface area contributed by atoms with Crippen LogP contribution in [-0.4, -0.2) is 79.2 Å². The topological polar surface area (TPSA) is 55.8 Å². The number of esters is 1. The first-order valence-electron chi connectivity index (χ1n) is 9.19. The predicted molar refractivity (Wildman–Crippen MR) is 87.5 cm³/mol. The number of aliphatic hydroxyl groups is 1. The largest absolute Gasteiger partial charge is 0.462 e. The van der Waals surface area contributed by atoms with Crippen LogP contribution in [-0.2, 0) is 14.3 Å². The van der Waals surface area contributed by atoms with Gasteiger partial charge in [0.2, 0.25) is 0 Å². The summed E-state index contributed by atoms with van der Waals surface area (Å²) in [6.45, 7) is 0.166. The van der Waals surface area contributed by atoms with E-state index in [0.717, 1.165) is 0 Å². The number of ether oxygens (including phenoxy) is 2. The Bertz CT molecular complexity index is 682. The number of aliphatic hydroxyl groups excluding tert-OH is 1. The lowest BCUT2D eigenvalue weighted by atomic mass is 9.91. The van der Waals surface area contributed by atoms with Crippen molar-refractivity contribution in [2.24, 2.45) is 5.41 Å². The van der Waals surface area contributed by atoms with Gasteiger partial charge >= 0.3 is 42.0 Å². The van der Waals surface area contributed by atoms with Gasteiger partial charge in [-0.25, -0.2) is 13.2 Å². The number of carbonyl (C=O) groups excluding carboxylic acids is 1. The molecule has 0 aliphatic rings. The standard InChI is InChI=1S/C17H21F13O4/c1-4-12(2,3)11(32)34-6-8(31)5-33-7-9(18)13(21,22)15(25,26)17(29,30)16(27,28)14(23,24)10(19)20/h8-10,31H,4-7H2,1-3H3. The summed E-state index contributed by atoms with van der Waals surface area (Å²) in [5, 5.41) is 9.46. The number of rotatable bonds is 14. The lowest BCUT2D eigenvalue weighted by Gasteiger charge is -2.39. The zero-order valence-electron chi connectivity index (χ0n) is 17.6. The number of alkyl halides is 13. The zero-order chi connectivity index (χ0) is 27.6. The van der Waals surface area contributed by atoms with Crippen LogP contribution in [0.5, 0.6) is 0 Å². The second-order valence-electron chi connectivity index (χ2n) is 7.76. The molecule has 0 aliphatic carbocycles. The Morgan fingerprint density at radius 3 is 1.62 bits per heavy atom. The van der Waals surface area contributed by atoms with Gasteiger partial charge < -0.3 is 14.6 Å². The molecule has 0 spiro atoms. The van der Waals surface area contributed by atoms with Crippen molar-refractivity contribution < 1.29 is 76.5 Å². The van der Waals surface area contributed by atoms with E-state index in [1.54, 1.807) is 6.92 Å². The molecule has 0 aromatic heterocycles. The van der Waals surface area contributed by atoms with E-state index < -0.39 is 79.5 Å². The monoisotopic (exact) mass is 536 g/mol. The molecule has 2 unspecified atom stereocenters. The summed E-state index contributed by atoms with van der Waals surface area (Å²) in [6.07, 6.45) is -11.8. The molecule has 0 aliphatic heterocycles. The minimum atomic E-state index is -7.85. The van der Waals surface area contributed by atoms with Crippen molar-refractivity contribution in [1.29, 1.82) is 0 Å². The smallest absolute Gasteiger partial charge is 0.384 e. The highest BCUT2D eigenvalue weighted by molar-refractivity contribution is 5.75. The van der Waals surface area contributed by atoms with Crippen molar-refractivity contribution in [3.63, 3.8) is 0 Å². The van der Waals surface area contributed by atoms with Crippen LogP contribution in [0.2, 0.25) is 0 Å². The molecule has 0 rings (SSSR count). The van der Waals surface area contributed by atoms with E-state index in [1.807, 2.05) is 0 Å². The molecule has 0 heterocycles. The molecule has 17 heteroatoms. The summed E-state index contributed by atoms with van der Waals surface area (Å²) in [5.74, 6) is -38.0. The minimum Gasteiger partial charge on any atom is -0.462 e. The number of carbonyl (C=O) groups is 1. The van der Waals surface area contributed by atoms with E-state index >= 15 is 0 Å². The Kier molecular flexibility index (Phi) is 10.1. The third-order valence-electron chi connectivity index (χ3n) is 4.71. The maximum atomic E-state index is 13.6. The molecule has 0 bridgehead atoms. The lowest BCUT2D eigenvalue weighted by Crippen LogP contribution is -2.70. The summed E-state index contributed by atoms with van der Waals surface area (Å²) in [5.41, 5.74) is -1.01. The Labute approximate surface area is 184 Å². The fraction of sp³-hybridized carbons (Fsp3) is 0.941. The predicted octanol–water partition coefficient (Wildman–Crippen LogP) is 5.12. The molecule has 4 nitrogen and oxygen atoms in total. The quantitative estimate of drug-likeness (QED) is 0.247. The van der Waals surface area contributed by atoms with Crippen molar-refractivity contribution in [3.8, 4) is 0 Å². The molecule has 0 amide bonds. The maximum Gasteiger partial charge on any atom is 0.384 e. The van der Waals surface area contributed by atoms with Crippen molar-refractivity contribution >= 4 is 5.97 Å². The van der Waals surface area contributed by atoms with Crippen LogP contribution < -0.4 is 0 Å². The molecular formula is C17H21F13O4. The van der Waals surface area contributed by atoms with E-state index in [4.69, 9.17) is 0 Å². The normalized spacial score (nSPS) is 16.5. The highest BCUT2D eigenvalue weighted by Crippen LogP contribution is 2.58. The molecule has 34 heavy (non-hydrogen) atoms.